The zero-order chi connectivity index (χ0) is 61.6. The molecule has 0 aliphatic rings. The molecule has 7 aromatic rings. The van der Waals surface area contributed by atoms with E-state index in [9.17, 15) is 25.3 Å². The summed E-state index contributed by atoms with van der Waals surface area (Å²) in [6.45, 7) is 12.1. The van der Waals surface area contributed by atoms with Gasteiger partial charge in [-0.15, -0.1) is 0 Å². The highest BCUT2D eigenvalue weighted by molar-refractivity contribution is 7.90. The minimum Gasteiger partial charge on any atom is -0.210 e. The minimum atomic E-state index is -4.49. The van der Waals surface area contributed by atoms with Gasteiger partial charge in [0.2, 0.25) is 60.1 Å². The summed E-state index contributed by atoms with van der Waals surface area (Å²) in [6, 6.07) is 36.7. The number of sulfonamides is 6. The van der Waals surface area contributed by atoms with Gasteiger partial charge in [0.1, 0.15) is 0 Å². The van der Waals surface area contributed by atoms with Crippen LogP contribution in [0.25, 0.3) is 0 Å². The van der Waals surface area contributed by atoms with Crippen LogP contribution in [0.5, 0.6) is 0 Å². The van der Waals surface area contributed by atoms with Gasteiger partial charge >= 0.3 is 0 Å². The maximum absolute atomic E-state index is 15.0. The lowest BCUT2D eigenvalue weighted by atomic mass is 9.87. The first kappa shape index (κ1) is 65.5. The number of nitrogens with one attached hydrogen (secondary N) is 3. The smallest absolute Gasteiger partial charge is 0.210 e. The molecular formula is C60H72N6O12S6. The van der Waals surface area contributed by atoms with Crippen LogP contribution in [0.4, 0.5) is 0 Å². The highest BCUT2D eigenvalue weighted by Crippen LogP contribution is 2.34. The summed E-state index contributed by atoms with van der Waals surface area (Å²) in [5, 5.41) is 0. The second kappa shape index (κ2) is 26.7. The first-order valence-electron chi connectivity index (χ1n) is 26.8. The van der Waals surface area contributed by atoms with Crippen molar-refractivity contribution in [2.45, 2.75) is 111 Å². The molecule has 0 fully saturated rings. The van der Waals surface area contributed by atoms with Gasteiger partial charge in [0.15, 0.2) is 0 Å². The molecule has 0 spiro atoms. The number of rotatable bonds is 27. The number of nitrogens with zero attached hydrogens (tertiary/aromatic N) is 3. The van der Waals surface area contributed by atoms with Gasteiger partial charge in [-0.1, -0.05) is 106 Å². The van der Waals surface area contributed by atoms with Crippen LogP contribution in [0.1, 0.15) is 66.8 Å². The van der Waals surface area contributed by atoms with E-state index >= 15 is 25.3 Å². The number of benzene rings is 7. The minimum absolute atomic E-state index is 0.0401. The Bertz CT molecular complexity index is 3730. The molecule has 450 valence electrons. The normalized spacial score (nSPS) is 12.9. The van der Waals surface area contributed by atoms with Gasteiger partial charge in [-0.25, -0.2) is 64.7 Å². The second-order valence-electron chi connectivity index (χ2n) is 20.9. The van der Waals surface area contributed by atoms with Gasteiger partial charge in [0, 0.05) is 58.9 Å². The topological polar surface area (TPSA) is 251 Å². The fourth-order valence-electron chi connectivity index (χ4n) is 9.38. The van der Waals surface area contributed by atoms with Crippen molar-refractivity contribution in [3.8, 4) is 0 Å². The summed E-state index contributed by atoms with van der Waals surface area (Å²) < 4.78 is 183. The summed E-state index contributed by atoms with van der Waals surface area (Å²) in [5.41, 5.74) is 6.96. The Morgan fingerprint density at radius 3 is 0.607 bits per heavy atom. The van der Waals surface area contributed by atoms with E-state index in [-0.39, 0.29) is 29.4 Å². The molecule has 0 aliphatic carbocycles. The molecule has 24 heteroatoms. The predicted molar refractivity (Wildman–Crippen MR) is 326 cm³/mol. The van der Waals surface area contributed by atoms with E-state index in [1.165, 1.54) is 72.8 Å². The molecule has 0 aromatic heterocycles. The van der Waals surface area contributed by atoms with Gasteiger partial charge in [-0.3, -0.25) is 0 Å². The predicted octanol–water partition coefficient (Wildman–Crippen LogP) is 7.97. The molecule has 0 radical (unpaired) electrons. The number of hydrogen-bond donors (Lipinski definition) is 3. The van der Waals surface area contributed by atoms with Crippen LogP contribution >= 0.6 is 0 Å². The number of aryl methyl sites for hydroxylation is 6. The highest BCUT2D eigenvalue weighted by atomic mass is 32.2. The van der Waals surface area contributed by atoms with Crippen molar-refractivity contribution >= 4 is 60.1 Å². The van der Waals surface area contributed by atoms with Crippen LogP contribution in [0, 0.1) is 62.3 Å². The van der Waals surface area contributed by atoms with E-state index in [1.807, 2.05) is 0 Å². The molecule has 0 amide bonds. The van der Waals surface area contributed by atoms with Gasteiger partial charge < -0.3 is 0 Å². The Labute approximate surface area is 497 Å². The maximum Gasteiger partial charge on any atom is 0.243 e. The van der Waals surface area contributed by atoms with E-state index in [1.54, 1.807) is 135 Å². The molecule has 0 heterocycles. The van der Waals surface area contributed by atoms with Crippen LogP contribution in [0.2, 0.25) is 0 Å². The molecule has 0 saturated carbocycles. The van der Waals surface area contributed by atoms with Gasteiger partial charge in [-0.2, -0.15) is 12.9 Å². The molecule has 18 nitrogen and oxygen atoms in total. The van der Waals surface area contributed by atoms with Crippen molar-refractivity contribution in [1.82, 2.24) is 27.1 Å². The fourth-order valence-corrected chi connectivity index (χ4v) is 16.7. The fraction of sp³-hybridized carbons (Fsp3) is 0.300. The molecule has 7 rings (SSSR count). The standard InChI is InChI=1S/C60H72N6O12S6/c1-43-10-22-52(23-11-43)79(67,68)61-34-37-64(82(73,74)55-28-16-46(4)17-29-55)40-58-49(7)59(41-65(83(75,76)56-30-18-47(5)19-31-56)38-35-62-80(69,70)53-24-12-44(2)13-25-53)51(9)60(50(58)8)42-66(84(77,78)57-32-20-48(6)21-33-57)39-36-63-81(71,72)54-26-14-45(3)15-27-54/h10-33,61-63H,34-42H2,1-9H3. The lowest BCUT2D eigenvalue weighted by Crippen LogP contribution is -2.40. The summed E-state index contributed by atoms with van der Waals surface area (Å²) in [7, 11) is -25.9. The SMILES string of the molecule is Cc1ccc(S(=O)(=O)NCCN(Cc2c(C)c(CN(CCNS(=O)(=O)c3ccc(C)cc3)S(=O)(=O)c3ccc(C)cc3)c(C)c(CN(CCNS(=O)(=O)c3ccc(C)cc3)S(=O)(=O)c3ccc(C)cc3)c2C)S(=O)(=O)c2ccc(C)cc2)cc1. The molecule has 84 heavy (non-hydrogen) atoms. The number of hydrogen-bond acceptors (Lipinski definition) is 12. The monoisotopic (exact) mass is 1260 g/mol. The molecule has 3 N–H and O–H groups in total. The largest absolute Gasteiger partial charge is 0.243 e. The van der Waals surface area contributed by atoms with Crippen molar-refractivity contribution in [3.05, 3.63) is 212 Å². The zero-order valence-corrected chi connectivity index (χ0v) is 53.3. The first-order chi connectivity index (χ1) is 39.3. The summed E-state index contributed by atoms with van der Waals surface area (Å²) in [4.78, 5) is -0.442. The average Bonchev–Trinajstić information content (AvgIpc) is 3.58. The average molecular weight is 1260 g/mol. The maximum atomic E-state index is 15.0. The lowest BCUT2D eigenvalue weighted by molar-refractivity contribution is 0.395. The van der Waals surface area contributed by atoms with Crippen LogP contribution in [0.15, 0.2) is 175 Å². The first-order valence-corrected chi connectivity index (χ1v) is 35.6. The van der Waals surface area contributed by atoms with Crippen LogP contribution in [-0.4, -0.2) is 103 Å². The molecule has 0 unspecified atom stereocenters. The Kier molecular flexibility index (Phi) is 20.9. The van der Waals surface area contributed by atoms with Gasteiger partial charge in [0.25, 0.3) is 0 Å². The summed E-state index contributed by atoms with van der Waals surface area (Å²) >= 11 is 0. The Morgan fingerprint density at radius 2 is 0.429 bits per heavy atom. The van der Waals surface area contributed by atoms with Crippen molar-refractivity contribution < 1.29 is 50.5 Å². The van der Waals surface area contributed by atoms with E-state index in [0.717, 1.165) is 46.3 Å². The van der Waals surface area contributed by atoms with Crippen molar-refractivity contribution in [2.75, 3.05) is 39.3 Å². The lowest BCUT2D eigenvalue weighted by Gasteiger charge is -2.31. The molecule has 0 saturated heterocycles. The molecule has 0 bridgehead atoms. The Balaban J connectivity index is 1.40. The third-order valence-corrected chi connectivity index (χ3v) is 24.7. The third kappa shape index (κ3) is 15.7. The second-order valence-corrected chi connectivity index (χ2v) is 32.0. The Hall–Kier alpha value is -6.00. The van der Waals surface area contributed by atoms with Crippen LogP contribution in [0.3, 0.4) is 0 Å². The molecular weight excluding hydrogens is 1190 g/mol. The van der Waals surface area contributed by atoms with Crippen molar-refractivity contribution in [3.63, 3.8) is 0 Å². The zero-order valence-electron chi connectivity index (χ0n) is 48.4. The van der Waals surface area contributed by atoms with Crippen LogP contribution < -0.4 is 14.2 Å². The van der Waals surface area contributed by atoms with E-state index < -0.39 is 119 Å². The third-order valence-electron chi connectivity index (χ3n) is 14.6. The molecule has 0 aliphatic heterocycles. The summed E-state index contributed by atoms with van der Waals surface area (Å²) in [5.74, 6) is 0. The van der Waals surface area contributed by atoms with E-state index in [2.05, 4.69) is 14.2 Å². The van der Waals surface area contributed by atoms with Gasteiger partial charge in [-0.05, 0) is 168 Å². The van der Waals surface area contributed by atoms with E-state index in [4.69, 9.17) is 0 Å². The molecule has 7 aromatic carbocycles. The highest BCUT2D eigenvalue weighted by Gasteiger charge is 2.34. The van der Waals surface area contributed by atoms with Crippen LogP contribution in [-0.2, 0) is 79.8 Å². The quantitative estimate of drug-likeness (QED) is 0.0444. The summed E-state index contributed by atoms with van der Waals surface area (Å²) in [6.07, 6.45) is 0. The Morgan fingerprint density at radius 1 is 0.262 bits per heavy atom. The van der Waals surface area contributed by atoms with E-state index in [0.29, 0.717) is 33.4 Å². The van der Waals surface area contributed by atoms with Gasteiger partial charge in [0.05, 0.1) is 29.4 Å². The van der Waals surface area contributed by atoms with Crippen molar-refractivity contribution in [2.24, 2.45) is 0 Å². The van der Waals surface area contributed by atoms with Crippen molar-refractivity contribution in [1.29, 1.82) is 0 Å². The molecule has 0 atom stereocenters.